The molecule has 0 N–H and O–H groups in total. The molecule has 3 rings (SSSR count). The Labute approximate surface area is 116 Å². The lowest BCUT2D eigenvalue weighted by molar-refractivity contribution is 0.0703. The molecule has 1 aromatic heterocycles. The van der Waals surface area contributed by atoms with Crippen molar-refractivity contribution in [3.05, 3.63) is 65.4 Å². The van der Waals surface area contributed by atoms with E-state index in [1.807, 2.05) is 50.2 Å². The van der Waals surface area contributed by atoms with Crippen molar-refractivity contribution >= 4 is 16.9 Å². The number of fused-ring (bicyclic) bond motifs is 1. The summed E-state index contributed by atoms with van der Waals surface area (Å²) in [5.74, 6) is 0.301. The van der Waals surface area contributed by atoms with E-state index in [-0.39, 0.29) is 5.76 Å². The molecular formula is C17H14O3. The Balaban J connectivity index is 1.92. The average molecular weight is 266 g/mol. The molecule has 0 saturated heterocycles. The zero-order valence-corrected chi connectivity index (χ0v) is 11.3. The van der Waals surface area contributed by atoms with Crippen LogP contribution in [0.2, 0.25) is 0 Å². The zero-order chi connectivity index (χ0) is 14.1. The smallest absolute Gasteiger partial charge is 0.379 e. The van der Waals surface area contributed by atoms with Gasteiger partial charge in [0.25, 0.3) is 0 Å². The van der Waals surface area contributed by atoms with Gasteiger partial charge in [0.05, 0.1) is 0 Å². The molecular weight excluding hydrogens is 252 g/mol. The van der Waals surface area contributed by atoms with Gasteiger partial charge >= 0.3 is 5.97 Å². The number of ether oxygens (including phenoxy) is 1. The van der Waals surface area contributed by atoms with Crippen LogP contribution in [-0.2, 0) is 0 Å². The van der Waals surface area contributed by atoms with E-state index in [1.54, 1.807) is 12.1 Å². The first-order valence-electron chi connectivity index (χ1n) is 6.42. The lowest BCUT2D eigenvalue weighted by Gasteiger charge is -2.03. The molecule has 100 valence electrons. The number of para-hydroxylation sites is 1. The Bertz CT molecular complexity index is 767. The van der Waals surface area contributed by atoms with Crippen molar-refractivity contribution in [2.45, 2.75) is 13.8 Å². The maximum Gasteiger partial charge on any atom is 0.379 e. The van der Waals surface area contributed by atoms with Gasteiger partial charge < -0.3 is 9.15 Å². The van der Waals surface area contributed by atoms with Crippen LogP contribution in [0.1, 0.15) is 21.7 Å². The van der Waals surface area contributed by atoms with Crippen LogP contribution < -0.4 is 4.74 Å². The van der Waals surface area contributed by atoms with Gasteiger partial charge in [0.2, 0.25) is 5.76 Å². The number of hydrogen-bond donors (Lipinski definition) is 0. The molecule has 3 heteroatoms. The maximum absolute atomic E-state index is 12.2. The fourth-order valence-corrected chi connectivity index (χ4v) is 2.13. The predicted octanol–water partition coefficient (Wildman–Crippen LogP) is 4.27. The van der Waals surface area contributed by atoms with Crippen LogP contribution in [0.15, 0.2) is 52.9 Å². The Morgan fingerprint density at radius 3 is 2.40 bits per heavy atom. The van der Waals surface area contributed by atoms with E-state index in [9.17, 15) is 4.79 Å². The summed E-state index contributed by atoms with van der Waals surface area (Å²) in [5, 5.41) is 0.934. The van der Waals surface area contributed by atoms with Gasteiger partial charge in [-0.1, -0.05) is 35.9 Å². The van der Waals surface area contributed by atoms with Gasteiger partial charge in [-0.05, 0) is 32.0 Å². The minimum Gasteiger partial charge on any atom is -0.449 e. The molecule has 0 aliphatic heterocycles. The van der Waals surface area contributed by atoms with Gasteiger partial charge in [0.1, 0.15) is 11.3 Å². The molecule has 1 heterocycles. The molecule has 0 aliphatic rings. The average Bonchev–Trinajstić information content (AvgIpc) is 2.79. The largest absolute Gasteiger partial charge is 0.449 e. The second-order valence-electron chi connectivity index (χ2n) is 4.75. The number of furan rings is 1. The highest BCUT2D eigenvalue weighted by atomic mass is 16.5. The van der Waals surface area contributed by atoms with Gasteiger partial charge in [0, 0.05) is 10.9 Å². The zero-order valence-electron chi connectivity index (χ0n) is 11.3. The fraction of sp³-hybridized carbons (Fsp3) is 0.118. The number of hydrogen-bond acceptors (Lipinski definition) is 3. The summed E-state index contributed by atoms with van der Waals surface area (Å²) in [6, 6.07) is 14.9. The third-order valence-electron chi connectivity index (χ3n) is 3.26. The normalized spacial score (nSPS) is 10.7. The first kappa shape index (κ1) is 12.5. The van der Waals surface area contributed by atoms with E-state index in [0.717, 1.165) is 16.5 Å². The standard InChI is InChI=1S/C17H14O3/c1-11-7-9-13(10-8-11)19-17(18)16-12(2)14-5-3-4-6-15(14)20-16/h3-10H,1-2H3. The molecule has 0 radical (unpaired) electrons. The summed E-state index contributed by atoms with van der Waals surface area (Å²) < 4.78 is 10.9. The summed E-state index contributed by atoms with van der Waals surface area (Å²) in [7, 11) is 0. The van der Waals surface area contributed by atoms with E-state index >= 15 is 0 Å². The number of benzene rings is 2. The lowest BCUT2D eigenvalue weighted by Crippen LogP contribution is -2.08. The van der Waals surface area contributed by atoms with Crippen LogP contribution in [0, 0.1) is 13.8 Å². The van der Waals surface area contributed by atoms with Crippen LogP contribution in [0.4, 0.5) is 0 Å². The number of carbonyl (C=O) groups excluding carboxylic acids is 1. The van der Waals surface area contributed by atoms with E-state index in [2.05, 4.69) is 0 Å². The van der Waals surface area contributed by atoms with Crippen molar-refractivity contribution in [3.8, 4) is 5.75 Å². The second-order valence-corrected chi connectivity index (χ2v) is 4.75. The second kappa shape index (κ2) is 4.85. The summed E-state index contributed by atoms with van der Waals surface area (Å²) in [4.78, 5) is 12.2. The predicted molar refractivity (Wildman–Crippen MR) is 77.1 cm³/mol. The van der Waals surface area contributed by atoms with Crippen LogP contribution >= 0.6 is 0 Å². The lowest BCUT2D eigenvalue weighted by atomic mass is 10.1. The van der Waals surface area contributed by atoms with Crippen LogP contribution in [0.3, 0.4) is 0 Å². The van der Waals surface area contributed by atoms with Crippen molar-refractivity contribution in [1.29, 1.82) is 0 Å². The highest BCUT2D eigenvalue weighted by Gasteiger charge is 2.19. The molecule has 0 amide bonds. The molecule has 3 nitrogen and oxygen atoms in total. The Morgan fingerprint density at radius 2 is 1.70 bits per heavy atom. The van der Waals surface area contributed by atoms with Crippen molar-refractivity contribution < 1.29 is 13.9 Å². The third-order valence-corrected chi connectivity index (χ3v) is 3.26. The SMILES string of the molecule is Cc1ccc(OC(=O)c2oc3ccccc3c2C)cc1. The highest BCUT2D eigenvalue weighted by Crippen LogP contribution is 2.26. The summed E-state index contributed by atoms with van der Waals surface area (Å²) >= 11 is 0. The Hall–Kier alpha value is -2.55. The summed E-state index contributed by atoms with van der Waals surface area (Å²) in [6.07, 6.45) is 0. The maximum atomic E-state index is 12.2. The van der Waals surface area contributed by atoms with Gasteiger partial charge in [-0.25, -0.2) is 4.79 Å². The topological polar surface area (TPSA) is 39.4 Å². The molecule has 0 atom stereocenters. The van der Waals surface area contributed by atoms with Gasteiger partial charge in [-0.3, -0.25) is 0 Å². The Morgan fingerprint density at radius 1 is 1.00 bits per heavy atom. The molecule has 0 unspecified atom stereocenters. The van der Waals surface area contributed by atoms with Gasteiger partial charge in [-0.15, -0.1) is 0 Å². The molecule has 0 fully saturated rings. The number of esters is 1. The molecule has 0 saturated carbocycles. The highest BCUT2D eigenvalue weighted by molar-refractivity contribution is 5.96. The third kappa shape index (κ3) is 2.18. The minimum absolute atomic E-state index is 0.256. The monoisotopic (exact) mass is 266 g/mol. The fourth-order valence-electron chi connectivity index (χ4n) is 2.13. The summed E-state index contributed by atoms with van der Waals surface area (Å²) in [5.41, 5.74) is 2.61. The van der Waals surface area contributed by atoms with Gasteiger partial charge in [-0.2, -0.15) is 0 Å². The van der Waals surface area contributed by atoms with Crippen LogP contribution in [0.5, 0.6) is 5.75 Å². The summed E-state index contributed by atoms with van der Waals surface area (Å²) in [6.45, 7) is 3.84. The first-order valence-corrected chi connectivity index (χ1v) is 6.42. The van der Waals surface area contributed by atoms with Crippen molar-refractivity contribution in [1.82, 2.24) is 0 Å². The van der Waals surface area contributed by atoms with Crippen LogP contribution in [0.25, 0.3) is 11.0 Å². The van der Waals surface area contributed by atoms with Gasteiger partial charge in [0.15, 0.2) is 0 Å². The molecule has 20 heavy (non-hydrogen) atoms. The van der Waals surface area contributed by atoms with Crippen molar-refractivity contribution in [2.75, 3.05) is 0 Å². The van der Waals surface area contributed by atoms with E-state index in [4.69, 9.17) is 9.15 Å². The number of carbonyl (C=O) groups is 1. The quantitative estimate of drug-likeness (QED) is 0.513. The van der Waals surface area contributed by atoms with E-state index in [1.165, 1.54) is 0 Å². The molecule has 2 aromatic carbocycles. The molecule has 0 aliphatic carbocycles. The van der Waals surface area contributed by atoms with Crippen LogP contribution in [-0.4, -0.2) is 5.97 Å². The van der Waals surface area contributed by atoms with Crippen molar-refractivity contribution in [3.63, 3.8) is 0 Å². The van der Waals surface area contributed by atoms with E-state index < -0.39 is 5.97 Å². The molecule has 0 bridgehead atoms. The van der Waals surface area contributed by atoms with Crippen molar-refractivity contribution in [2.24, 2.45) is 0 Å². The minimum atomic E-state index is -0.470. The Kier molecular flexibility index (Phi) is 3.03. The number of aryl methyl sites for hydroxylation is 2. The molecule has 0 spiro atoms. The number of rotatable bonds is 2. The molecule has 3 aromatic rings. The first-order chi connectivity index (χ1) is 9.65. The van der Waals surface area contributed by atoms with E-state index in [0.29, 0.717) is 11.3 Å².